The SMILES string of the molecule is Nc1nnc(Nc2cc(C(F)(F)F)ccc2F)o1. The number of nitrogens with one attached hydrogen (secondary N) is 1. The van der Waals surface area contributed by atoms with Crippen LogP contribution in [0.15, 0.2) is 22.6 Å². The summed E-state index contributed by atoms with van der Waals surface area (Å²) >= 11 is 0. The summed E-state index contributed by atoms with van der Waals surface area (Å²) in [5.41, 5.74) is 3.68. The van der Waals surface area contributed by atoms with Crippen molar-refractivity contribution in [1.29, 1.82) is 0 Å². The van der Waals surface area contributed by atoms with Crippen LogP contribution in [0.5, 0.6) is 0 Å². The van der Waals surface area contributed by atoms with Gasteiger partial charge in [0, 0.05) is 0 Å². The molecule has 0 fully saturated rings. The molecule has 0 bridgehead atoms. The number of nitrogens with zero attached hydrogens (tertiary/aromatic N) is 2. The van der Waals surface area contributed by atoms with Crippen LogP contribution >= 0.6 is 0 Å². The molecule has 2 aromatic rings. The van der Waals surface area contributed by atoms with Gasteiger partial charge in [-0.1, -0.05) is 10.2 Å². The first kappa shape index (κ1) is 12.1. The fourth-order valence-corrected chi connectivity index (χ4v) is 1.20. The van der Waals surface area contributed by atoms with Crippen molar-refractivity contribution in [2.75, 3.05) is 11.1 Å². The van der Waals surface area contributed by atoms with Crippen molar-refractivity contribution in [3.63, 3.8) is 0 Å². The average molecular weight is 262 g/mol. The third kappa shape index (κ3) is 2.50. The molecule has 0 radical (unpaired) electrons. The van der Waals surface area contributed by atoms with E-state index in [-0.39, 0.29) is 12.0 Å². The maximum atomic E-state index is 13.3. The van der Waals surface area contributed by atoms with Crippen LogP contribution in [0.1, 0.15) is 5.56 Å². The first-order valence-electron chi connectivity index (χ1n) is 4.59. The van der Waals surface area contributed by atoms with Gasteiger partial charge in [0.15, 0.2) is 0 Å². The highest BCUT2D eigenvalue weighted by atomic mass is 19.4. The van der Waals surface area contributed by atoms with Crippen LogP contribution in [-0.2, 0) is 6.18 Å². The summed E-state index contributed by atoms with van der Waals surface area (Å²) in [5, 5.41) is 8.82. The minimum absolute atomic E-state index is 0.287. The second-order valence-corrected chi connectivity index (χ2v) is 3.26. The Hall–Kier alpha value is -2.32. The third-order valence-electron chi connectivity index (χ3n) is 1.98. The van der Waals surface area contributed by atoms with Crippen molar-refractivity contribution in [2.45, 2.75) is 6.18 Å². The second-order valence-electron chi connectivity index (χ2n) is 3.26. The molecule has 0 spiro atoms. The molecule has 2 rings (SSSR count). The van der Waals surface area contributed by atoms with Gasteiger partial charge in [-0.25, -0.2) is 4.39 Å². The lowest BCUT2D eigenvalue weighted by Gasteiger charge is -2.09. The molecule has 1 heterocycles. The smallest absolute Gasteiger partial charge is 0.389 e. The Morgan fingerprint density at radius 3 is 2.50 bits per heavy atom. The molecular formula is C9H6F4N4O. The lowest BCUT2D eigenvalue weighted by molar-refractivity contribution is -0.137. The molecular weight excluding hydrogens is 256 g/mol. The zero-order valence-electron chi connectivity index (χ0n) is 8.62. The molecule has 0 aliphatic rings. The summed E-state index contributed by atoms with van der Waals surface area (Å²) in [6.45, 7) is 0. The lowest BCUT2D eigenvalue weighted by atomic mass is 10.2. The highest BCUT2D eigenvalue weighted by Crippen LogP contribution is 2.32. The van der Waals surface area contributed by atoms with Gasteiger partial charge >= 0.3 is 18.2 Å². The molecule has 18 heavy (non-hydrogen) atoms. The van der Waals surface area contributed by atoms with Gasteiger partial charge in [-0.2, -0.15) is 13.2 Å². The van der Waals surface area contributed by atoms with E-state index in [0.717, 1.165) is 0 Å². The summed E-state index contributed by atoms with van der Waals surface area (Å²) in [6, 6.07) is 1.32. The molecule has 0 aliphatic carbocycles. The Balaban J connectivity index is 2.32. The van der Waals surface area contributed by atoms with Crippen LogP contribution in [-0.4, -0.2) is 10.2 Å². The lowest BCUT2D eigenvalue weighted by Crippen LogP contribution is -2.06. The van der Waals surface area contributed by atoms with Gasteiger partial charge in [-0.3, -0.25) is 0 Å². The minimum Gasteiger partial charge on any atom is -0.389 e. The highest BCUT2D eigenvalue weighted by molar-refractivity contribution is 5.55. The minimum atomic E-state index is -4.57. The molecule has 0 unspecified atom stereocenters. The van der Waals surface area contributed by atoms with Crippen molar-refractivity contribution in [3.05, 3.63) is 29.6 Å². The van der Waals surface area contributed by atoms with Crippen LogP contribution < -0.4 is 11.1 Å². The maximum Gasteiger partial charge on any atom is 0.416 e. The number of benzene rings is 1. The molecule has 0 aliphatic heterocycles. The van der Waals surface area contributed by atoms with E-state index in [1.165, 1.54) is 0 Å². The first-order chi connectivity index (χ1) is 8.36. The number of halogens is 4. The number of hydrogen-bond donors (Lipinski definition) is 2. The number of anilines is 3. The van der Waals surface area contributed by atoms with E-state index in [1.54, 1.807) is 0 Å². The zero-order chi connectivity index (χ0) is 13.3. The van der Waals surface area contributed by atoms with Crippen LogP contribution in [0.2, 0.25) is 0 Å². The Kier molecular flexibility index (Phi) is 2.81. The molecule has 1 aromatic heterocycles. The Labute approximate surface area is 97.6 Å². The second kappa shape index (κ2) is 4.17. The van der Waals surface area contributed by atoms with Crippen molar-refractivity contribution >= 4 is 17.7 Å². The van der Waals surface area contributed by atoms with E-state index >= 15 is 0 Å². The van der Waals surface area contributed by atoms with Gasteiger partial charge < -0.3 is 15.5 Å². The predicted octanol–water partition coefficient (Wildman–Crippen LogP) is 2.55. The Morgan fingerprint density at radius 2 is 1.94 bits per heavy atom. The van der Waals surface area contributed by atoms with Gasteiger partial charge in [-0.15, -0.1) is 0 Å². The summed E-state index contributed by atoms with van der Waals surface area (Å²) in [6.07, 6.45) is -4.57. The third-order valence-corrected chi connectivity index (χ3v) is 1.98. The van der Waals surface area contributed by atoms with Gasteiger partial charge in [0.25, 0.3) is 0 Å². The fraction of sp³-hybridized carbons (Fsp3) is 0.111. The number of nitrogen functional groups attached to an aromatic ring is 1. The fourth-order valence-electron chi connectivity index (χ4n) is 1.20. The number of alkyl halides is 3. The first-order valence-corrected chi connectivity index (χ1v) is 4.59. The number of rotatable bonds is 2. The van der Waals surface area contributed by atoms with E-state index in [9.17, 15) is 17.6 Å². The van der Waals surface area contributed by atoms with Gasteiger partial charge in [0.2, 0.25) is 0 Å². The number of aromatic nitrogens is 2. The van der Waals surface area contributed by atoms with Crippen LogP contribution in [0.4, 0.5) is 35.3 Å². The van der Waals surface area contributed by atoms with E-state index in [4.69, 9.17) is 5.73 Å². The number of hydrogen-bond acceptors (Lipinski definition) is 5. The van der Waals surface area contributed by atoms with Crippen molar-refractivity contribution in [2.24, 2.45) is 0 Å². The molecule has 9 heteroatoms. The molecule has 0 saturated heterocycles. The molecule has 0 amide bonds. The van der Waals surface area contributed by atoms with E-state index in [0.29, 0.717) is 18.2 Å². The molecule has 5 nitrogen and oxygen atoms in total. The maximum absolute atomic E-state index is 13.3. The van der Waals surface area contributed by atoms with Gasteiger partial charge in [0.1, 0.15) is 5.82 Å². The van der Waals surface area contributed by atoms with Crippen molar-refractivity contribution in [1.82, 2.24) is 10.2 Å². The summed E-state index contributed by atoms with van der Waals surface area (Å²) < 4.78 is 55.2. The summed E-state index contributed by atoms with van der Waals surface area (Å²) in [7, 11) is 0. The molecule has 96 valence electrons. The van der Waals surface area contributed by atoms with Gasteiger partial charge in [0.05, 0.1) is 11.3 Å². The Bertz CT molecular complexity index is 566. The van der Waals surface area contributed by atoms with Crippen molar-refractivity contribution < 1.29 is 22.0 Å². The van der Waals surface area contributed by atoms with E-state index in [2.05, 4.69) is 19.9 Å². The molecule has 3 N–H and O–H groups in total. The zero-order valence-corrected chi connectivity index (χ0v) is 8.62. The standard InChI is InChI=1S/C9H6F4N4O/c10-5-2-1-4(9(11,12)13)3-6(5)15-8-17-16-7(14)18-8/h1-3H,(H2,14,16)(H,15,17). The molecule has 1 aromatic carbocycles. The number of nitrogens with two attached hydrogens (primary N) is 1. The molecule has 0 saturated carbocycles. The van der Waals surface area contributed by atoms with E-state index < -0.39 is 23.2 Å². The van der Waals surface area contributed by atoms with Crippen LogP contribution in [0.25, 0.3) is 0 Å². The topological polar surface area (TPSA) is 77.0 Å². The summed E-state index contributed by atoms with van der Waals surface area (Å²) in [5.74, 6) is -0.889. The predicted molar refractivity (Wildman–Crippen MR) is 53.4 cm³/mol. The van der Waals surface area contributed by atoms with Crippen molar-refractivity contribution in [3.8, 4) is 0 Å². The van der Waals surface area contributed by atoms with Crippen LogP contribution in [0, 0.1) is 5.82 Å². The van der Waals surface area contributed by atoms with Crippen LogP contribution in [0.3, 0.4) is 0 Å². The normalized spacial score (nSPS) is 11.6. The summed E-state index contributed by atoms with van der Waals surface area (Å²) in [4.78, 5) is 0. The van der Waals surface area contributed by atoms with E-state index in [1.807, 2.05) is 0 Å². The largest absolute Gasteiger partial charge is 0.416 e. The molecule has 0 atom stereocenters. The quantitative estimate of drug-likeness (QED) is 0.813. The van der Waals surface area contributed by atoms with Gasteiger partial charge in [-0.05, 0) is 18.2 Å². The highest BCUT2D eigenvalue weighted by Gasteiger charge is 2.31. The monoisotopic (exact) mass is 262 g/mol. The Morgan fingerprint density at radius 1 is 1.22 bits per heavy atom. The average Bonchev–Trinajstić information content (AvgIpc) is 2.66.